The highest BCUT2D eigenvalue weighted by Gasteiger charge is 2.17. The Kier molecular flexibility index (Phi) is 5.30. The van der Waals surface area contributed by atoms with Crippen LogP contribution in [0.5, 0.6) is 0 Å². The number of nitrogens with one attached hydrogen (secondary N) is 1. The molecule has 1 aromatic carbocycles. The van der Waals surface area contributed by atoms with E-state index in [0.717, 1.165) is 5.69 Å². The molecule has 0 saturated carbocycles. The van der Waals surface area contributed by atoms with Gasteiger partial charge in [-0.3, -0.25) is 9.59 Å². The van der Waals surface area contributed by atoms with Gasteiger partial charge in [0.1, 0.15) is 0 Å². The largest absolute Gasteiger partial charge is 0.450 e. The molecule has 0 unspecified atom stereocenters. The molecule has 3 rings (SSSR count). The number of carbonyl (C=O) groups is 3. The van der Waals surface area contributed by atoms with E-state index in [4.69, 9.17) is 4.74 Å². The SMILES string of the molecule is Cc1ccnc2nc(C(=O)OCC(=O)Nc3ccc(C(=O)N(C)C)cc3)nn12. The van der Waals surface area contributed by atoms with Crippen LogP contribution in [0, 0.1) is 6.92 Å². The van der Waals surface area contributed by atoms with Crippen molar-refractivity contribution >= 4 is 29.2 Å². The van der Waals surface area contributed by atoms with E-state index in [1.165, 1.54) is 9.42 Å². The van der Waals surface area contributed by atoms with Gasteiger partial charge in [0.25, 0.3) is 23.4 Å². The summed E-state index contributed by atoms with van der Waals surface area (Å²) in [6.45, 7) is 1.29. The number of benzene rings is 1. The minimum atomic E-state index is -0.827. The van der Waals surface area contributed by atoms with Crippen molar-refractivity contribution in [2.24, 2.45) is 0 Å². The summed E-state index contributed by atoms with van der Waals surface area (Å²) in [4.78, 5) is 45.3. The van der Waals surface area contributed by atoms with Gasteiger partial charge in [-0.1, -0.05) is 0 Å². The highest BCUT2D eigenvalue weighted by molar-refractivity contribution is 5.96. The van der Waals surface area contributed by atoms with Crippen molar-refractivity contribution in [3.05, 3.63) is 53.6 Å². The molecule has 0 aliphatic rings. The lowest BCUT2D eigenvalue weighted by Gasteiger charge is -2.11. The molecule has 0 aliphatic heterocycles. The molecule has 28 heavy (non-hydrogen) atoms. The van der Waals surface area contributed by atoms with E-state index in [9.17, 15) is 14.4 Å². The van der Waals surface area contributed by atoms with Crippen molar-refractivity contribution < 1.29 is 19.1 Å². The maximum atomic E-state index is 12.1. The lowest BCUT2D eigenvalue weighted by Crippen LogP contribution is -2.22. The predicted molar refractivity (Wildman–Crippen MR) is 98.9 cm³/mol. The van der Waals surface area contributed by atoms with Crippen LogP contribution in [-0.2, 0) is 9.53 Å². The van der Waals surface area contributed by atoms with E-state index in [0.29, 0.717) is 11.3 Å². The molecule has 3 aromatic rings. The monoisotopic (exact) mass is 382 g/mol. The van der Waals surface area contributed by atoms with Crippen LogP contribution in [0.4, 0.5) is 5.69 Å². The van der Waals surface area contributed by atoms with E-state index in [2.05, 4.69) is 20.4 Å². The van der Waals surface area contributed by atoms with Gasteiger partial charge in [0, 0.05) is 37.2 Å². The molecule has 1 N–H and O–H groups in total. The van der Waals surface area contributed by atoms with Crippen molar-refractivity contribution in [3.63, 3.8) is 0 Å². The summed E-state index contributed by atoms with van der Waals surface area (Å²) < 4.78 is 6.36. The number of esters is 1. The van der Waals surface area contributed by atoms with Crippen LogP contribution >= 0.6 is 0 Å². The number of hydrogen-bond donors (Lipinski definition) is 1. The van der Waals surface area contributed by atoms with Gasteiger partial charge >= 0.3 is 5.97 Å². The average molecular weight is 382 g/mol. The molecule has 0 fully saturated rings. The van der Waals surface area contributed by atoms with E-state index in [1.807, 2.05) is 0 Å². The zero-order chi connectivity index (χ0) is 20.3. The zero-order valence-electron chi connectivity index (χ0n) is 15.5. The average Bonchev–Trinajstić information content (AvgIpc) is 3.12. The minimum Gasteiger partial charge on any atom is -0.450 e. The molecule has 2 amide bonds. The van der Waals surface area contributed by atoms with E-state index < -0.39 is 18.5 Å². The highest BCUT2D eigenvalue weighted by atomic mass is 16.5. The summed E-state index contributed by atoms with van der Waals surface area (Å²) >= 11 is 0. The van der Waals surface area contributed by atoms with Gasteiger partial charge in [0.2, 0.25) is 0 Å². The fraction of sp³-hybridized carbons (Fsp3) is 0.222. The second kappa shape index (κ2) is 7.82. The van der Waals surface area contributed by atoms with Crippen molar-refractivity contribution in [1.82, 2.24) is 24.5 Å². The molecule has 0 aliphatic carbocycles. The van der Waals surface area contributed by atoms with Crippen molar-refractivity contribution in [3.8, 4) is 0 Å². The second-order valence-electron chi connectivity index (χ2n) is 6.13. The fourth-order valence-electron chi connectivity index (χ4n) is 2.34. The molecule has 0 radical (unpaired) electrons. The van der Waals surface area contributed by atoms with Crippen LogP contribution in [0.2, 0.25) is 0 Å². The Morgan fingerprint density at radius 2 is 1.86 bits per heavy atom. The van der Waals surface area contributed by atoms with Crippen molar-refractivity contribution in [1.29, 1.82) is 0 Å². The standard InChI is InChI=1S/C18H18N6O4/c1-11-8-9-19-18-21-15(22-24(11)18)17(27)28-10-14(25)20-13-6-4-12(5-7-13)16(26)23(2)3/h4-9H,10H2,1-3H3,(H,20,25). The smallest absolute Gasteiger partial charge is 0.378 e. The van der Waals surface area contributed by atoms with Gasteiger partial charge in [-0.2, -0.15) is 4.98 Å². The normalized spacial score (nSPS) is 10.5. The third kappa shape index (κ3) is 4.11. The number of amides is 2. The molecular formula is C18H18N6O4. The number of fused-ring (bicyclic) bond motifs is 1. The van der Waals surface area contributed by atoms with Crippen LogP contribution in [0.3, 0.4) is 0 Å². The van der Waals surface area contributed by atoms with Crippen LogP contribution in [0.1, 0.15) is 26.7 Å². The Morgan fingerprint density at radius 3 is 2.50 bits per heavy atom. The second-order valence-corrected chi connectivity index (χ2v) is 6.13. The fourth-order valence-corrected chi connectivity index (χ4v) is 2.34. The first-order valence-electron chi connectivity index (χ1n) is 8.32. The molecule has 0 saturated heterocycles. The topological polar surface area (TPSA) is 119 Å². The number of aromatic nitrogens is 4. The summed E-state index contributed by atoms with van der Waals surface area (Å²) in [5.41, 5.74) is 1.73. The van der Waals surface area contributed by atoms with Crippen molar-refractivity contribution in [2.45, 2.75) is 6.92 Å². The highest BCUT2D eigenvalue weighted by Crippen LogP contribution is 2.11. The van der Waals surface area contributed by atoms with E-state index in [-0.39, 0.29) is 17.5 Å². The Bertz CT molecular complexity index is 1040. The number of ether oxygens (including phenoxy) is 1. The number of hydrogen-bond acceptors (Lipinski definition) is 7. The Balaban J connectivity index is 1.57. The third-order valence-electron chi connectivity index (χ3n) is 3.77. The zero-order valence-corrected chi connectivity index (χ0v) is 15.5. The quantitative estimate of drug-likeness (QED) is 0.652. The van der Waals surface area contributed by atoms with Gasteiger partial charge in [0.15, 0.2) is 6.61 Å². The molecule has 2 aromatic heterocycles. The summed E-state index contributed by atoms with van der Waals surface area (Å²) in [6, 6.07) is 8.10. The summed E-state index contributed by atoms with van der Waals surface area (Å²) in [5, 5.41) is 6.60. The first-order chi connectivity index (χ1) is 13.3. The third-order valence-corrected chi connectivity index (χ3v) is 3.77. The minimum absolute atomic E-state index is 0.142. The van der Waals surface area contributed by atoms with Gasteiger partial charge < -0.3 is 15.0 Å². The first-order valence-corrected chi connectivity index (χ1v) is 8.32. The Morgan fingerprint density at radius 1 is 1.14 bits per heavy atom. The van der Waals surface area contributed by atoms with Gasteiger partial charge in [0.05, 0.1) is 0 Å². The number of anilines is 1. The number of rotatable bonds is 5. The van der Waals surface area contributed by atoms with Crippen LogP contribution in [-0.4, -0.2) is 63.0 Å². The molecule has 0 atom stereocenters. The molecule has 10 nitrogen and oxygen atoms in total. The Labute approximate surface area is 160 Å². The van der Waals surface area contributed by atoms with Crippen LogP contribution in [0.15, 0.2) is 36.5 Å². The van der Waals surface area contributed by atoms with Crippen LogP contribution in [0.25, 0.3) is 5.78 Å². The first kappa shape index (κ1) is 19.0. The summed E-state index contributed by atoms with van der Waals surface area (Å²) in [5.74, 6) is -1.41. The van der Waals surface area contributed by atoms with E-state index >= 15 is 0 Å². The maximum Gasteiger partial charge on any atom is 0.378 e. The molecule has 10 heteroatoms. The maximum absolute atomic E-state index is 12.1. The molecule has 144 valence electrons. The predicted octanol–water partition coefficient (Wildman–Crippen LogP) is 0.930. The van der Waals surface area contributed by atoms with Gasteiger partial charge in [-0.25, -0.2) is 14.3 Å². The number of nitrogens with zero attached hydrogens (tertiary/aromatic N) is 5. The lowest BCUT2D eigenvalue weighted by molar-refractivity contribution is -0.119. The molecule has 0 bridgehead atoms. The van der Waals surface area contributed by atoms with Gasteiger partial charge in [-0.15, -0.1) is 5.10 Å². The van der Waals surface area contributed by atoms with Gasteiger partial charge in [-0.05, 0) is 37.3 Å². The summed E-state index contributed by atoms with van der Waals surface area (Å²) in [6.07, 6.45) is 1.55. The molecular weight excluding hydrogens is 364 g/mol. The molecule has 2 heterocycles. The van der Waals surface area contributed by atoms with Crippen LogP contribution < -0.4 is 5.32 Å². The van der Waals surface area contributed by atoms with Crippen molar-refractivity contribution in [2.75, 3.05) is 26.0 Å². The molecule has 0 spiro atoms. The Hall–Kier alpha value is -3.82. The summed E-state index contributed by atoms with van der Waals surface area (Å²) in [7, 11) is 3.31. The number of aryl methyl sites for hydroxylation is 1. The number of carbonyl (C=O) groups excluding carboxylic acids is 3. The lowest BCUT2D eigenvalue weighted by atomic mass is 10.2. The van der Waals surface area contributed by atoms with E-state index in [1.54, 1.807) is 57.5 Å².